The molecule has 3 amide bonds. The molecule has 0 saturated heterocycles. The number of aromatic carboxylic acids is 1. The van der Waals surface area contributed by atoms with Crippen LogP contribution in [0.15, 0.2) is 64.0 Å². The Bertz CT molecular complexity index is 1250. The molecule has 0 atom stereocenters. The number of rotatable bonds is 6. The normalized spacial score (nSPS) is 13.6. The molecule has 0 aliphatic carbocycles. The maximum Gasteiger partial charge on any atom is 0.351 e. The van der Waals surface area contributed by atoms with E-state index in [0.29, 0.717) is 17.1 Å². The lowest BCUT2D eigenvalue weighted by Gasteiger charge is -2.13. The van der Waals surface area contributed by atoms with Crippen LogP contribution in [0.25, 0.3) is 11.3 Å². The van der Waals surface area contributed by atoms with Crippen LogP contribution in [0.5, 0.6) is 0 Å². The Kier molecular flexibility index (Phi) is 5.39. The van der Waals surface area contributed by atoms with Gasteiger partial charge in [0.25, 0.3) is 5.91 Å². The molecular formula is C22H13ClFN2O5-. The van der Waals surface area contributed by atoms with E-state index in [1.54, 1.807) is 18.2 Å². The van der Waals surface area contributed by atoms with Crippen molar-refractivity contribution in [2.45, 2.75) is 13.0 Å². The number of aliphatic imine (C=N–C) groups is 1. The highest BCUT2D eigenvalue weighted by Gasteiger charge is 2.34. The molecule has 0 bridgehead atoms. The van der Waals surface area contributed by atoms with Gasteiger partial charge < -0.3 is 14.3 Å². The van der Waals surface area contributed by atoms with Gasteiger partial charge in [-0.1, -0.05) is 41.9 Å². The third-order valence-electron chi connectivity index (χ3n) is 4.72. The predicted molar refractivity (Wildman–Crippen MR) is 107 cm³/mol. The zero-order valence-corrected chi connectivity index (χ0v) is 16.6. The largest absolute Gasteiger partial charge is 0.545 e. The van der Waals surface area contributed by atoms with Gasteiger partial charge in [0, 0.05) is 16.7 Å². The number of halogens is 2. The summed E-state index contributed by atoms with van der Waals surface area (Å²) in [5, 5.41) is 11.0. The van der Waals surface area contributed by atoms with Crippen molar-refractivity contribution in [2.24, 2.45) is 4.99 Å². The molecule has 0 unspecified atom stereocenters. The monoisotopic (exact) mass is 439 g/mol. The van der Waals surface area contributed by atoms with Gasteiger partial charge in [-0.15, -0.1) is 0 Å². The van der Waals surface area contributed by atoms with Gasteiger partial charge in [-0.2, -0.15) is 4.99 Å². The summed E-state index contributed by atoms with van der Waals surface area (Å²) in [6.45, 7) is -0.218. The molecule has 9 heteroatoms. The van der Waals surface area contributed by atoms with Crippen molar-refractivity contribution in [1.29, 1.82) is 0 Å². The lowest BCUT2D eigenvalue weighted by molar-refractivity contribution is -0.255. The van der Waals surface area contributed by atoms with Crippen LogP contribution in [0.1, 0.15) is 21.7 Å². The molecule has 31 heavy (non-hydrogen) atoms. The van der Waals surface area contributed by atoms with E-state index in [4.69, 9.17) is 16.0 Å². The minimum absolute atomic E-state index is 0.000165. The van der Waals surface area contributed by atoms with Crippen molar-refractivity contribution in [3.05, 3.63) is 82.3 Å². The number of hydrogen-bond donors (Lipinski definition) is 0. The fraction of sp³-hybridized carbons (Fsp3) is 0.0909. The maximum absolute atomic E-state index is 13.9. The lowest BCUT2D eigenvalue weighted by Crippen LogP contribution is -2.33. The second-order valence-corrected chi connectivity index (χ2v) is 7.16. The molecule has 0 N–H and O–H groups in total. The lowest BCUT2D eigenvalue weighted by atomic mass is 10.1. The van der Waals surface area contributed by atoms with E-state index >= 15 is 0 Å². The summed E-state index contributed by atoms with van der Waals surface area (Å²) in [6.07, 6.45) is -0.0385. The third kappa shape index (κ3) is 4.10. The summed E-state index contributed by atoms with van der Waals surface area (Å²) in [5.74, 6) is -1.77. The smallest absolute Gasteiger partial charge is 0.351 e. The highest BCUT2D eigenvalue weighted by molar-refractivity contribution is 6.46. The number of hydrogen-bond acceptors (Lipinski definition) is 5. The molecule has 0 radical (unpaired) electrons. The number of urea groups is 1. The number of amides is 3. The van der Waals surface area contributed by atoms with E-state index in [0.717, 1.165) is 4.90 Å². The highest BCUT2D eigenvalue weighted by atomic mass is 35.5. The van der Waals surface area contributed by atoms with Crippen molar-refractivity contribution in [1.82, 2.24) is 4.90 Å². The molecule has 4 rings (SSSR count). The van der Waals surface area contributed by atoms with Crippen LogP contribution in [0, 0.1) is 5.82 Å². The molecule has 1 aliphatic heterocycles. The Morgan fingerprint density at radius 3 is 2.61 bits per heavy atom. The number of carboxylic acids is 1. The highest BCUT2D eigenvalue weighted by Crippen LogP contribution is 2.28. The SMILES string of the molecule is O=C([O-])c1ccc(-c2ccc(CC3=NC(=O)N(Cc4ccccc4F)C3=O)o2)cc1Cl. The zero-order valence-electron chi connectivity index (χ0n) is 15.8. The Balaban J connectivity index is 1.49. The van der Waals surface area contributed by atoms with Crippen LogP contribution in [0.4, 0.5) is 9.18 Å². The van der Waals surface area contributed by atoms with E-state index in [1.807, 2.05) is 0 Å². The number of benzene rings is 2. The van der Waals surface area contributed by atoms with Gasteiger partial charge in [0.2, 0.25) is 0 Å². The summed E-state index contributed by atoms with van der Waals surface area (Å²) in [6, 6.07) is 12.6. The summed E-state index contributed by atoms with van der Waals surface area (Å²) < 4.78 is 19.6. The number of nitrogens with zero attached hydrogens (tertiary/aromatic N) is 2. The van der Waals surface area contributed by atoms with E-state index in [-0.39, 0.29) is 34.8 Å². The van der Waals surface area contributed by atoms with Crippen LogP contribution >= 0.6 is 11.6 Å². The first-order valence-electron chi connectivity index (χ1n) is 9.10. The standard InChI is InChI=1S/C22H14ClFN2O5/c23-16-9-12(5-7-15(16)21(28)29)19-8-6-14(31-19)10-18-20(27)26(22(30)25-18)11-13-3-1-2-4-17(13)24/h1-9H,10-11H2,(H,28,29)/p-1. The van der Waals surface area contributed by atoms with Crippen LogP contribution < -0.4 is 5.11 Å². The van der Waals surface area contributed by atoms with Gasteiger partial charge >= 0.3 is 6.03 Å². The van der Waals surface area contributed by atoms with Crippen molar-refractivity contribution in [3.8, 4) is 11.3 Å². The summed E-state index contributed by atoms with van der Waals surface area (Å²) in [7, 11) is 0. The first-order valence-corrected chi connectivity index (χ1v) is 9.48. The average molecular weight is 440 g/mol. The van der Waals surface area contributed by atoms with E-state index < -0.39 is 23.7 Å². The first kappa shape index (κ1) is 20.5. The summed E-state index contributed by atoms with van der Waals surface area (Å²) in [4.78, 5) is 40.4. The van der Waals surface area contributed by atoms with E-state index in [2.05, 4.69) is 4.99 Å². The Morgan fingerprint density at radius 2 is 1.90 bits per heavy atom. The molecule has 2 heterocycles. The van der Waals surface area contributed by atoms with Gasteiger partial charge in [0.05, 0.1) is 24.0 Å². The van der Waals surface area contributed by atoms with Gasteiger partial charge in [-0.25, -0.2) is 9.18 Å². The van der Waals surface area contributed by atoms with Crippen molar-refractivity contribution < 1.29 is 28.3 Å². The Morgan fingerprint density at radius 1 is 1.13 bits per heavy atom. The van der Waals surface area contributed by atoms with Gasteiger partial charge in [-0.05, 0) is 24.3 Å². The van der Waals surface area contributed by atoms with Gasteiger partial charge in [0.1, 0.15) is 23.0 Å². The minimum atomic E-state index is -1.39. The molecule has 1 aliphatic rings. The number of furan rings is 1. The molecular weight excluding hydrogens is 427 g/mol. The number of carbonyl (C=O) groups excluding carboxylic acids is 3. The maximum atomic E-state index is 13.9. The summed E-state index contributed by atoms with van der Waals surface area (Å²) >= 11 is 5.95. The van der Waals surface area contributed by atoms with Crippen molar-refractivity contribution in [2.75, 3.05) is 0 Å². The van der Waals surface area contributed by atoms with Gasteiger partial charge in [-0.3, -0.25) is 9.69 Å². The predicted octanol–water partition coefficient (Wildman–Crippen LogP) is 3.25. The molecule has 156 valence electrons. The zero-order chi connectivity index (χ0) is 22.1. The number of carbonyl (C=O) groups is 3. The second kappa shape index (κ2) is 8.16. The van der Waals surface area contributed by atoms with E-state index in [1.165, 1.54) is 36.4 Å². The molecule has 2 aromatic carbocycles. The fourth-order valence-corrected chi connectivity index (χ4v) is 3.40. The minimum Gasteiger partial charge on any atom is -0.545 e. The van der Waals surface area contributed by atoms with Crippen LogP contribution in [-0.2, 0) is 17.8 Å². The molecule has 7 nitrogen and oxygen atoms in total. The molecule has 1 aromatic heterocycles. The van der Waals surface area contributed by atoms with Crippen molar-refractivity contribution >= 4 is 35.2 Å². The first-order chi connectivity index (χ1) is 14.8. The Hall–Kier alpha value is -3.78. The fourth-order valence-electron chi connectivity index (χ4n) is 3.14. The second-order valence-electron chi connectivity index (χ2n) is 6.75. The molecule has 0 fully saturated rings. The number of carboxylic acid groups (broad SMARTS) is 1. The van der Waals surface area contributed by atoms with Crippen LogP contribution in [0.2, 0.25) is 5.02 Å². The molecule has 0 saturated carbocycles. The number of imide groups is 1. The third-order valence-corrected chi connectivity index (χ3v) is 5.03. The topological polar surface area (TPSA) is 103 Å². The van der Waals surface area contributed by atoms with E-state index in [9.17, 15) is 23.9 Å². The van der Waals surface area contributed by atoms with Crippen LogP contribution in [-0.4, -0.2) is 28.5 Å². The summed E-state index contributed by atoms with van der Waals surface area (Å²) in [5.41, 5.74) is 0.570. The molecule has 0 spiro atoms. The van der Waals surface area contributed by atoms with Crippen LogP contribution in [0.3, 0.4) is 0 Å². The quantitative estimate of drug-likeness (QED) is 0.586. The van der Waals surface area contributed by atoms with Crippen molar-refractivity contribution in [3.63, 3.8) is 0 Å². The average Bonchev–Trinajstić information content (AvgIpc) is 3.29. The Labute approximate surface area is 180 Å². The van der Waals surface area contributed by atoms with Gasteiger partial charge in [0.15, 0.2) is 0 Å². The molecule has 3 aromatic rings.